The van der Waals surface area contributed by atoms with E-state index in [1.807, 2.05) is 32.9 Å². The van der Waals surface area contributed by atoms with Gasteiger partial charge < -0.3 is 15.0 Å². The Morgan fingerprint density at radius 1 is 0.925 bits per heavy atom. The maximum Gasteiger partial charge on any atom is 0.264 e. The number of para-hydroxylation sites is 1. The molecule has 0 aliphatic carbocycles. The SMILES string of the molecule is CC[C@@H](C)NC(=O)[C@H](CC)N(Cc1ccc(OC)cc1)C(=O)CN(c1ccccc1Cl)S(=O)(=O)c1ccccc1. The Morgan fingerprint density at radius 3 is 2.12 bits per heavy atom. The highest BCUT2D eigenvalue weighted by atomic mass is 35.5. The molecule has 2 amide bonds. The van der Waals surface area contributed by atoms with Crippen molar-refractivity contribution in [3.63, 3.8) is 0 Å². The maximum atomic E-state index is 14.1. The van der Waals surface area contributed by atoms with E-state index in [0.717, 1.165) is 16.3 Å². The molecule has 0 aromatic heterocycles. The van der Waals surface area contributed by atoms with Gasteiger partial charge in [-0.15, -0.1) is 0 Å². The number of carbonyl (C=O) groups excluding carboxylic acids is 2. The van der Waals surface area contributed by atoms with Gasteiger partial charge >= 0.3 is 0 Å². The van der Waals surface area contributed by atoms with Crippen molar-refractivity contribution in [2.24, 2.45) is 0 Å². The predicted molar refractivity (Wildman–Crippen MR) is 158 cm³/mol. The molecule has 0 bridgehead atoms. The highest BCUT2D eigenvalue weighted by molar-refractivity contribution is 7.92. The quantitative estimate of drug-likeness (QED) is 0.295. The molecule has 0 unspecified atom stereocenters. The number of benzene rings is 3. The zero-order valence-corrected chi connectivity index (χ0v) is 24.8. The number of sulfonamides is 1. The number of nitrogens with one attached hydrogen (secondary N) is 1. The summed E-state index contributed by atoms with van der Waals surface area (Å²) in [5, 5.41) is 3.14. The molecule has 3 rings (SSSR count). The molecule has 3 aromatic rings. The number of carbonyl (C=O) groups is 2. The topological polar surface area (TPSA) is 96.0 Å². The Balaban J connectivity index is 2.05. The first-order valence-corrected chi connectivity index (χ1v) is 15.0. The van der Waals surface area contributed by atoms with Crippen molar-refractivity contribution < 1.29 is 22.7 Å². The summed E-state index contributed by atoms with van der Waals surface area (Å²) in [5.74, 6) is -0.183. The van der Waals surface area contributed by atoms with E-state index < -0.39 is 28.5 Å². The molecule has 2 atom stereocenters. The van der Waals surface area contributed by atoms with Crippen LogP contribution < -0.4 is 14.4 Å². The molecule has 10 heteroatoms. The average molecular weight is 586 g/mol. The Hall–Kier alpha value is -3.56. The fourth-order valence-electron chi connectivity index (χ4n) is 4.18. The highest BCUT2D eigenvalue weighted by Gasteiger charge is 2.34. The molecule has 0 heterocycles. The second-order valence-electron chi connectivity index (χ2n) is 9.39. The van der Waals surface area contributed by atoms with Crippen molar-refractivity contribution in [3.8, 4) is 5.75 Å². The minimum absolute atomic E-state index is 0.0194. The molecule has 40 heavy (non-hydrogen) atoms. The number of amides is 2. The second kappa shape index (κ2) is 14.2. The van der Waals surface area contributed by atoms with Gasteiger partial charge in [0.15, 0.2) is 0 Å². The Kier molecular flexibility index (Phi) is 11.0. The summed E-state index contributed by atoms with van der Waals surface area (Å²) in [4.78, 5) is 28.9. The van der Waals surface area contributed by atoms with Gasteiger partial charge in [-0.2, -0.15) is 0 Å². The lowest BCUT2D eigenvalue weighted by Gasteiger charge is -2.34. The zero-order chi connectivity index (χ0) is 29.3. The van der Waals surface area contributed by atoms with Gasteiger partial charge in [0.2, 0.25) is 11.8 Å². The second-order valence-corrected chi connectivity index (χ2v) is 11.7. The lowest BCUT2D eigenvalue weighted by Crippen LogP contribution is -2.53. The van der Waals surface area contributed by atoms with E-state index in [0.29, 0.717) is 12.2 Å². The smallest absolute Gasteiger partial charge is 0.264 e. The van der Waals surface area contributed by atoms with E-state index in [1.165, 1.54) is 17.0 Å². The molecule has 0 saturated carbocycles. The lowest BCUT2D eigenvalue weighted by molar-refractivity contribution is -0.140. The highest BCUT2D eigenvalue weighted by Crippen LogP contribution is 2.31. The van der Waals surface area contributed by atoms with Gasteiger partial charge in [0.1, 0.15) is 18.3 Å². The minimum atomic E-state index is -4.18. The predicted octanol–water partition coefficient (Wildman–Crippen LogP) is 5.27. The monoisotopic (exact) mass is 585 g/mol. The van der Waals surface area contributed by atoms with E-state index in [1.54, 1.807) is 61.7 Å². The Bertz CT molecular complexity index is 1380. The molecule has 3 aromatic carbocycles. The summed E-state index contributed by atoms with van der Waals surface area (Å²) in [6, 6.07) is 20.6. The standard InChI is InChI=1S/C30H36ClN3O5S/c1-5-22(3)32-30(36)27(6-2)33(20-23-16-18-24(39-4)19-17-23)29(35)21-34(28-15-11-10-14-26(28)31)40(37,38)25-12-8-7-9-13-25/h7-19,22,27H,5-6,20-21H2,1-4H3,(H,32,36)/t22-,27+/m1/s1. The molecule has 1 N–H and O–H groups in total. The van der Waals surface area contributed by atoms with Crippen LogP contribution in [0, 0.1) is 0 Å². The van der Waals surface area contributed by atoms with Crippen LogP contribution in [0.15, 0.2) is 83.8 Å². The number of hydrogen-bond acceptors (Lipinski definition) is 5. The number of ether oxygens (including phenoxy) is 1. The van der Waals surface area contributed by atoms with E-state index in [-0.39, 0.29) is 34.1 Å². The van der Waals surface area contributed by atoms with Crippen LogP contribution in [-0.2, 0) is 26.2 Å². The van der Waals surface area contributed by atoms with Gasteiger partial charge in [0.05, 0.1) is 22.7 Å². The van der Waals surface area contributed by atoms with Gasteiger partial charge in [-0.1, -0.05) is 67.9 Å². The number of halogens is 1. The zero-order valence-electron chi connectivity index (χ0n) is 23.2. The third kappa shape index (κ3) is 7.55. The molecule has 0 aliphatic rings. The summed E-state index contributed by atoms with van der Waals surface area (Å²) in [6.07, 6.45) is 1.06. The number of nitrogens with zero attached hydrogens (tertiary/aromatic N) is 2. The van der Waals surface area contributed by atoms with Crippen LogP contribution in [0.2, 0.25) is 5.02 Å². The van der Waals surface area contributed by atoms with Gasteiger partial charge in [-0.05, 0) is 61.7 Å². The Labute approximate surface area is 241 Å². The van der Waals surface area contributed by atoms with Gasteiger partial charge in [0, 0.05) is 12.6 Å². The van der Waals surface area contributed by atoms with Crippen LogP contribution in [0.5, 0.6) is 5.75 Å². The van der Waals surface area contributed by atoms with Crippen molar-refractivity contribution >= 4 is 39.1 Å². The summed E-state index contributed by atoms with van der Waals surface area (Å²) < 4.78 is 33.9. The van der Waals surface area contributed by atoms with Gasteiger partial charge in [-0.3, -0.25) is 13.9 Å². The van der Waals surface area contributed by atoms with Crippen molar-refractivity contribution in [1.82, 2.24) is 10.2 Å². The summed E-state index contributed by atoms with van der Waals surface area (Å²) in [7, 11) is -2.62. The maximum absolute atomic E-state index is 14.1. The molecular formula is C30H36ClN3O5S. The van der Waals surface area contributed by atoms with Crippen molar-refractivity contribution in [3.05, 3.63) is 89.4 Å². The van der Waals surface area contributed by atoms with Crippen LogP contribution in [0.1, 0.15) is 39.2 Å². The largest absolute Gasteiger partial charge is 0.497 e. The number of rotatable bonds is 13. The van der Waals surface area contributed by atoms with Crippen LogP contribution in [-0.4, -0.2) is 50.9 Å². The molecule has 0 radical (unpaired) electrons. The molecule has 0 aliphatic heterocycles. The number of hydrogen-bond donors (Lipinski definition) is 1. The first-order valence-electron chi connectivity index (χ1n) is 13.2. The fourth-order valence-corrected chi connectivity index (χ4v) is 5.92. The van der Waals surface area contributed by atoms with Crippen molar-refractivity contribution in [2.45, 2.75) is 57.1 Å². The van der Waals surface area contributed by atoms with E-state index in [4.69, 9.17) is 16.3 Å². The van der Waals surface area contributed by atoms with Gasteiger partial charge in [0.25, 0.3) is 10.0 Å². The first-order chi connectivity index (χ1) is 19.1. The molecule has 0 fully saturated rings. The molecule has 0 saturated heterocycles. The molecule has 0 spiro atoms. The third-order valence-corrected chi connectivity index (χ3v) is 8.72. The van der Waals surface area contributed by atoms with Crippen LogP contribution in [0.3, 0.4) is 0 Å². The Morgan fingerprint density at radius 2 is 1.55 bits per heavy atom. The summed E-state index contributed by atoms with van der Waals surface area (Å²) >= 11 is 6.44. The summed E-state index contributed by atoms with van der Waals surface area (Å²) in [6.45, 7) is 5.22. The average Bonchev–Trinajstić information content (AvgIpc) is 2.96. The lowest BCUT2D eigenvalue weighted by atomic mass is 10.1. The van der Waals surface area contributed by atoms with Crippen LogP contribution in [0.4, 0.5) is 5.69 Å². The van der Waals surface area contributed by atoms with Crippen molar-refractivity contribution in [1.29, 1.82) is 0 Å². The normalized spacial score (nSPS) is 12.7. The van der Waals surface area contributed by atoms with Crippen LogP contribution >= 0.6 is 11.6 Å². The molecule has 214 valence electrons. The van der Waals surface area contributed by atoms with E-state index in [9.17, 15) is 18.0 Å². The van der Waals surface area contributed by atoms with E-state index >= 15 is 0 Å². The van der Waals surface area contributed by atoms with E-state index in [2.05, 4.69) is 5.32 Å². The number of methoxy groups -OCH3 is 1. The van der Waals surface area contributed by atoms with Crippen molar-refractivity contribution in [2.75, 3.05) is 18.0 Å². The summed E-state index contributed by atoms with van der Waals surface area (Å²) in [5.41, 5.74) is 0.932. The molecule has 8 nitrogen and oxygen atoms in total. The molecular weight excluding hydrogens is 550 g/mol. The fraction of sp³-hybridized carbons (Fsp3) is 0.333. The number of anilines is 1. The van der Waals surface area contributed by atoms with Crippen LogP contribution in [0.25, 0.3) is 0 Å². The minimum Gasteiger partial charge on any atom is -0.497 e. The third-order valence-electron chi connectivity index (χ3n) is 6.63. The first kappa shape index (κ1) is 31.0. The van der Waals surface area contributed by atoms with Gasteiger partial charge in [-0.25, -0.2) is 8.42 Å².